The van der Waals surface area contributed by atoms with Crippen molar-refractivity contribution in [3.05, 3.63) is 29.8 Å². The lowest BCUT2D eigenvalue weighted by atomic mass is 10.2. The summed E-state index contributed by atoms with van der Waals surface area (Å²) in [6.07, 6.45) is 0. The monoisotopic (exact) mass is 314 g/mol. The molecule has 0 aliphatic rings. The van der Waals surface area contributed by atoms with E-state index in [4.69, 9.17) is 5.11 Å². The number of ketones is 1. The van der Waals surface area contributed by atoms with Gasteiger partial charge in [0.15, 0.2) is 5.78 Å². The van der Waals surface area contributed by atoms with E-state index in [1.807, 2.05) is 10.0 Å². The summed E-state index contributed by atoms with van der Waals surface area (Å²) in [5.74, 6) is -2.30. The minimum absolute atomic E-state index is 0.152. The first kappa shape index (κ1) is 16.8. The molecule has 0 radical (unpaired) electrons. The van der Waals surface area contributed by atoms with Crippen LogP contribution in [0, 0.1) is 0 Å². The number of Topliss-reactive ketones (excluding diaryl/α,β-unsaturated/α-hetero) is 1. The molecule has 114 valence electrons. The molecule has 9 heteroatoms. The first-order valence-corrected chi connectivity index (χ1v) is 7.30. The SMILES string of the molecule is CC(=O)c1cccc(S(=O)(=O)NCC(=O)NCC(=O)O)c1. The number of carboxylic acid groups (broad SMARTS) is 1. The highest BCUT2D eigenvalue weighted by Gasteiger charge is 2.16. The van der Waals surface area contributed by atoms with Crippen molar-refractivity contribution in [1.29, 1.82) is 0 Å². The zero-order chi connectivity index (χ0) is 16.0. The molecule has 1 aromatic carbocycles. The van der Waals surface area contributed by atoms with Gasteiger partial charge in [-0.15, -0.1) is 0 Å². The predicted octanol–water partition coefficient (Wildman–Crippen LogP) is -0.632. The van der Waals surface area contributed by atoms with Crippen molar-refractivity contribution in [2.45, 2.75) is 11.8 Å². The van der Waals surface area contributed by atoms with Crippen molar-refractivity contribution >= 4 is 27.7 Å². The Labute approximate surface area is 121 Å². The summed E-state index contributed by atoms with van der Waals surface area (Å²) >= 11 is 0. The van der Waals surface area contributed by atoms with Crippen LogP contribution in [0.5, 0.6) is 0 Å². The number of carboxylic acids is 1. The fourth-order valence-electron chi connectivity index (χ4n) is 1.36. The van der Waals surface area contributed by atoms with Gasteiger partial charge in [-0.25, -0.2) is 13.1 Å². The number of hydrogen-bond donors (Lipinski definition) is 3. The number of hydrogen-bond acceptors (Lipinski definition) is 5. The smallest absolute Gasteiger partial charge is 0.322 e. The number of nitrogens with one attached hydrogen (secondary N) is 2. The summed E-state index contributed by atoms with van der Waals surface area (Å²) in [4.78, 5) is 32.5. The van der Waals surface area contributed by atoms with Gasteiger partial charge in [-0.05, 0) is 19.1 Å². The molecule has 0 fully saturated rings. The van der Waals surface area contributed by atoms with Gasteiger partial charge in [0.2, 0.25) is 15.9 Å². The quantitative estimate of drug-likeness (QED) is 0.574. The van der Waals surface area contributed by atoms with Crippen LogP contribution in [0.1, 0.15) is 17.3 Å². The van der Waals surface area contributed by atoms with E-state index in [1.54, 1.807) is 0 Å². The molecule has 0 unspecified atom stereocenters. The predicted molar refractivity (Wildman–Crippen MR) is 72.3 cm³/mol. The zero-order valence-electron chi connectivity index (χ0n) is 11.1. The van der Waals surface area contributed by atoms with Gasteiger partial charge in [-0.2, -0.15) is 0 Å². The summed E-state index contributed by atoms with van der Waals surface area (Å²) in [5, 5.41) is 10.4. The summed E-state index contributed by atoms with van der Waals surface area (Å²) < 4.78 is 25.9. The van der Waals surface area contributed by atoms with Crippen molar-refractivity contribution < 1.29 is 27.9 Å². The molecule has 0 aliphatic heterocycles. The maximum atomic E-state index is 11.9. The number of aliphatic carboxylic acids is 1. The molecule has 0 bridgehead atoms. The molecule has 3 N–H and O–H groups in total. The lowest BCUT2D eigenvalue weighted by Crippen LogP contribution is -2.39. The second-order valence-electron chi connectivity index (χ2n) is 4.08. The number of carbonyl (C=O) groups excluding carboxylic acids is 2. The van der Waals surface area contributed by atoms with Crippen LogP contribution >= 0.6 is 0 Å². The molecule has 0 saturated carbocycles. The lowest BCUT2D eigenvalue weighted by molar-refractivity contribution is -0.137. The molecule has 0 saturated heterocycles. The van der Waals surface area contributed by atoms with Crippen molar-refractivity contribution in [2.75, 3.05) is 13.1 Å². The Morgan fingerprint density at radius 1 is 1.19 bits per heavy atom. The average Bonchev–Trinajstić information content (AvgIpc) is 2.43. The van der Waals surface area contributed by atoms with Crippen LogP contribution in [-0.4, -0.2) is 44.3 Å². The van der Waals surface area contributed by atoms with Crippen molar-refractivity contribution in [2.24, 2.45) is 0 Å². The molecule has 1 rings (SSSR count). The van der Waals surface area contributed by atoms with Crippen LogP contribution < -0.4 is 10.0 Å². The third-order valence-electron chi connectivity index (χ3n) is 2.41. The molecule has 1 aromatic rings. The van der Waals surface area contributed by atoms with Gasteiger partial charge in [0, 0.05) is 5.56 Å². The summed E-state index contributed by atoms with van der Waals surface area (Å²) in [7, 11) is -3.96. The molecular formula is C12H14N2O6S. The molecular weight excluding hydrogens is 300 g/mol. The van der Waals surface area contributed by atoms with E-state index in [9.17, 15) is 22.8 Å². The minimum Gasteiger partial charge on any atom is -0.480 e. The van der Waals surface area contributed by atoms with Crippen LogP contribution in [0.4, 0.5) is 0 Å². The van der Waals surface area contributed by atoms with E-state index in [2.05, 4.69) is 0 Å². The van der Waals surface area contributed by atoms with Gasteiger partial charge in [0.25, 0.3) is 0 Å². The standard InChI is InChI=1S/C12H14N2O6S/c1-8(15)9-3-2-4-10(5-9)21(19,20)14-6-11(16)13-7-12(17)18/h2-5,14H,6-7H2,1H3,(H,13,16)(H,17,18). The second-order valence-corrected chi connectivity index (χ2v) is 5.85. The van der Waals surface area contributed by atoms with Gasteiger partial charge in [0.05, 0.1) is 11.4 Å². The van der Waals surface area contributed by atoms with E-state index in [0.29, 0.717) is 0 Å². The van der Waals surface area contributed by atoms with E-state index < -0.39 is 35.0 Å². The zero-order valence-corrected chi connectivity index (χ0v) is 11.9. The molecule has 0 aromatic heterocycles. The molecule has 8 nitrogen and oxygen atoms in total. The van der Waals surface area contributed by atoms with Gasteiger partial charge < -0.3 is 10.4 Å². The van der Waals surface area contributed by atoms with Crippen LogP contribution in [0.2, 0.25) is 0 Å². The number of benzene rings is 1. The second kappa shape index (κ2) is 6.95. The lowest BCUT2D eigenvalue weighted by Gasteiger charge is -2.07. The van der Waals surface area contributed by atoms with Gasteiger partial charge in [-0.1, -0.05) is 12.1 Å². The molecule has 0 heterocycles. The molecule has 0 aliphatic carbocycles. The van der Waals surface area contributed by atoms with E-state index in [1.165, 1.54) is 31.2 Å². The Balaban J connectivity index is 2.74. The number of amides is 1. The van der Waals surface area contributed by atoms with Crippen LogP contribution in [0.3, 0.4) is 0 Å². The fourth-order valence-corrected chi connectivity index (χ4v) is 2.39. The number of rotatable bonds is 7. The van der Waals surface area contributed by atoms with Crippen LogP contribution in [-0.2, 0) is 19.6 Å². The van der Waals surface area contributed by atoms with Crippen molar-refractivity contribution in [3.8, 4) is 0 Å². The Bertz CT molecular complexity index is 668. The highest BCUT2D eigenvalue weighted by atomic mass is 32.2. The summed E-state index contributed by atoms with van der Waals surface area (Å²) in [6, 6.07) is 5.36. The number of carbonyl (C=O) groups is 3. The Morgan fingerprint density at radius 2 is 1.86 bits per heavy atom. The highest BCUT2D eigenvalue weighted by molar-refractivity contribution is 7.89. The Hall–Kier alpha value is -2.26. The van der Waals surface area contributed by atoms with Gasteiger partial charge in [0.1, 0.15) is 6.54 Å². The van der Waals surface area contributed by atoms with Crippen LogP contribution in [0.15, 0.2) is 29.2 Å². The molecule has 21 heavy (non-hydrogen) atoms. The van der Waals surface area contributed by atoms with E-state index in [-0.39, 0.29) is 16.2 Å². The van der Waals surface area contributed by atoms with Crippen LogP contribution in [0.25, 0.3) is 0 Å². The van der Waals surface area contributed by atoms with Crippen molar-refractivity contribution in [3.63, 3.8) is 0 Å². The summed E-state index contributed by atoms with van der Waals surface area (Å²) in [6.45, 7) is 0.110. The normalized spacial score (nSPS) is 10.9. The highest BCUT2D eigenvalue weighted by Crippen LogP contribution is 2.11. The minimum atomic E-state index is -3.96. The van der Waals surface area contributed by atoms with Gasteiger partial charge in [-0.3, -0.25) is 14.4 Å². The van der Waals surface area contributed by atoms with Gasteiger partial charge >= 0.3 is 5.97 Å². The topological polar surface area (TPSA) is 130 Å². The Kier molecular flexibility index (Phi) is 5.56. The largest absolute Gasteiger partial charge is 0.480 e. The molecule has 0 atom stereocenters. The third kappa shape index (κ3) is 5.32. The Morgan fingerprint density at radius 3 is 2.43 bits per heavy atom. The van der Waals surface area contributed by atoms with Crippen molar-refractivity contribution in [1.82, 2.24) is 10.0 Å². The van der Waals surface area contributed by atoms with E-state index >= 15 is 0 Å². The molecule has 0 spiro atoms. The molecule has 1 amide bonds. The maximum Gasteiger partial charge on any atom is 0.322 e. The fraction of sp³-hybridized carbons (Fsp3) is 0.250. The third-order valence-corrected chi connectivity index (χ3v) is 3.81. The first-order chi connectivity index (χ1) is 9.72. The first-order valence-electron chi connectivity index (χ1n) is 5.81. The number of sulfonamides is 1. The average molecular weight is 314 g/mol. The maximum absolute atomic E-state index is 11.9. The summed E-state index contributed by atoms with van der Waals surface area (Å²) in [5.41, 5.74) is 0.230. The van der Waals surface area contributed by atoms with E-state index in [0.717, 1.165) is 0 Å².